The number of hydrogen-bond acceptors (Lipinski definition) is 5. The van der Waals surface area contributed by atoms with Crippen LogP contribution < -0.4 is 5.43 Å². The molecule has 0 unspecified atom stereocenters. The Morgan fingerprint density at radius 3 is 3.04 bits per heavy atom. The number of amides is 1. The minimum atomic E-state index is -0.149. The number of thiazole rings is 1. The summed E-state index contributed by atoms with van der Waals surface area (Å²) in [6, 6.07) is 14.2. The van der Waals surface area contributed by atoms with E-state index in [0.29, 0.717) is 0 Å². The van der Waals surface area contributed by atoms with Crippen molar-refractivity contribution >= 4 is 56.3 Å². The van der Waals surface area contributed by atoms with Crippen LogP contribution in [-0.4, -0.2) is 27.8 Å². The summed E-state index contributed by atoms with van der Waals surface area (Å²) in [5.74, 6) is 0.134. The van der Waals surface area contributed by atoms with Crippen LogP contribution in [0.3, 0.4) is 0 Å². The lowest BCUT2D eigenvalue weighted by atomic mass is 10.1. The van der Waals surface area contributed by atoms with Crippen LogP contribution in [0.1, 0.15) is 18.1 Å². The first kappa shape index (κ1) is 17.8. The summed E-state index contributed by atoms with van der Waals surface area (Å²) in [5.41, 5.74) is 6.91. The molecule has 2 heterocycles. The first-order chi connectivity index (χ1) is 13.2. The molecule has 2 N–H and O–H groups in total. The van der Waals surface area contributed by atoms with Gasteiger partial charge in [0.05, 0.1) is 22.2 Å². The number of carbonyl (C=O) groups is 1. The summed E-state index contributed by atoms with van der Waals surface area (Å²) in [4.78, 5) is 19.9. The number of rotatable bonds is 6. The molecule has 1 amide bonds. The summed E-state index contributed by atoms with van der Waals surface area (Å²) in [6.07, 6.45) is 4.56. The van der Waals surface area contributed by atoms with Gasteiger partial charge in [-0.3, -0.25) is 4.79 Å². The van der Waals surface area contributed by atoms with E-state index in [0.717, 1.165) is 37.4 Å². The fraction of sp³-hybridized carbons (Fsp3) is 0.150. The minimum absolute atomic E-state index is 0.149. The van der Waals surface area contributed by atoms with Crippen LogP contribution in [-0.2, 0) is 11.2 Å². The molecule has 0 spiro atoms. The van der Waals surface area contributed by atoms with Gasteiger partial charge in [-0.25, -0.2) is 10.4 Å². The van der Waals surface area contributed by atoms with E-state index in [1.165, 1.54) is 17.3 Å². The van der Waals surface area contributed by atoms with Crippen LogP contribution in [0.5, 0.6) is 0 Å². The molecule has 2 aromatic heterocycles. The number of aryl methyl sites for hydroxylation is 1. The first-order valence-electron chi connectivity index (χ1n) is 8.64. The Hall–Kier alpha value is -2.64. The van der Waals surface area contributed by atoms with Gasteiger partial charge in [-0.05, 0) is 24.1 Å². The molecule has 0 aliphatic rings. The molecule has 5 nitrogen and oxygen atoms in total. The van der Waals surface area contributed by atoms with Crippen molar-refractivity contribution in [3.8, 4) is 0 Å². The molecule has 7 heteroatoms. The predicted octanol–water partition coefficient (Wildman–Crippen LogP) is 4.58. The standard InChI is InChI=1S/C20H18N4OS2/c1-2-13-6-5-7-15-14(10-21-19(13)15)11-22-24-18(25)12-26-20-23-16-8-3-4-9-17(16)27-20/h3-11,21H,2,12H2,1H3,(H,24,25)/b22-11+. The Morgan fingerprint density at radius 1 is 1.30 bits per heavy atom. The van der Waals surface area contributed by atoms with Crippen LogP contribution in [0, 0.1) is 0 Å². The maximum Gasteiger partial charge on any atom is 0.250 e. The fourth-order valence-corrected chi connectivity index (χ4v) is 4.75. The third kappa shape index (κ3) is 3.89. The number of nitrogens with zero attached hydrogens (tertiary/aromatic N) is 2. The SMILES string of the molecule is CCc1cccc2c(/C=N/NC(=O)CSc3nc4ccccc4s3)c[nH]c12. The summed E-state index contributed by atoms with van der Waals surface area (Å²) in [6.45, 7) is 2.13. The molecule has 0 radical (unpaired) electrons. The lowest BCUT2D eigenvalue weighted by Gasteiger charge is -1.99. The molecular weight excluding hydrogens is 376 g/mol. The Bertz CT molecular complexity index is 1100. The molecule has 0 bridgehead atoms. The number of aromatic nitrogens is 2. The predicted molar refractivity (Wildman–Crippen MR) is 114 cm³/mol. The molecule has 2 aromatic carbocycles. The number of hydrogen-bond donors (Lipinski definition) is 2. The van der Waals surface area contributed by atoms with Crippen molar-refractivity contribution in [3.63, 3.8) is 0 Å². The molecular formula is C20H18N4OS2. The van der Waals surface area contributed by atoms with Gasteiger partial charge in [-0.2, -0.15) is 5.10 Å². The van der Waals surface area contributed by atoms with Crippen molar-refractivity contribution < 1.29 is 4.79 Å². The summed E-state index contributed by atoms with van der Waals surface area (Å²) >= 11 is 3.02. The highest BCUT2D eigenvalue weighted by Gasteiger charge is 2.08. The Labute approximate surface area is 164 Å². The summed E-state index contributed by atoms with van der Waals surface area (Å²) in [7, 11) is 0. The van der Waals surface area contributed by atoms with E-state index in [1.807, 2.05) is 36.5 Å². The van der Waals surface area contributed by atoms with Crippen LogP contribution in [0.25, 0.3) is 21.1 Å². The molecule has 0 saturated heterocycles. The molecule has 0 atom stereocenters. The fourth-order valence-electron chi connectivity index (χ4n) is 2.89. The van der Waals surface area contributed by atoms with Gasteiger partial charge in [0.25, 0.3) is 5.91 Å². The lowest BCUT2D eigenvalue weighted by Crippen LogP contribution is -2.19. The molecule has 0 aliphatic heterocycles. The van der Waals surface area contributed by atoms with Gasteiger partial charge in [0, 0.05) is 22.7 Å². The second kappa shape index (κ2) is 7.94. The highest BCUT2D eigenvalue weighted by Crippen LogP contribution is 2.29. The van der Waals surface area contributed by atoms with Crippen molar-refractivity contribution in [3.05, 3.63) is 59.8 Å². The van der Waals surface area contributed by atoms with Crippen LogP contribution in [0.2, 0.25) is 0 Å². The topological polar surface area (TPSA) is 70.1 Å². The molecule has 0 aliphatic carbocycles. The highest BCUT2D eigenvalue weighted by atomic mass is 32.2. The Balaban J connectivity index is 1.36. The van der Waals surface area contributed by atoms with E-state index in [2.05, 4.69) is 39.6 Å². The normalized spacial score (nSPS) is 11.6. The van der Waals surface area contributed by atoms with E-state index in [4.69, 9.17) is 0 Å². The third-order valence-corrected chi connectivity index (χ3v) is 6.39. The van der Waals surface area contributed by atoms with Gasteiger partial charge in [-0.15, -0.1) is 11.3 Å². The zero-order valence-electron chi connectivity index (χ0n) is 14.7. The number of nitrogens with one attached hydrogen (secondary N) is 2. The van der Waals surface area contributed by atoms with E-state index in [1.54, 1.807) is 17.6 Å². The monoisotopic (exact) mass is 394 g/mol. The van der Waals surface area contributed by atoms with Gasteiger partial charge in [0.15, 0.2) is 4.34 Å². The van der Waals surface area contributed by atoms with Crippen LogP contribution in [0.4, 0.5) is 0 Å². The highest BCUT2D eigenvalue weighted by molar-refractivity contribution is 8.01. The number of carbonyl (C=O) groups excluding carboxylic acids is 1. The summed E-state index contributed by atoms with van der Waals surface area (Å²) < 4.78 is 2.02. The Morgan fingerprint density at radius 2 is 2.19 bits per heavy atom. The van der Waals surface area contributed by atoms with Crippen molar-refractivity contribution in [2.75, 3.05) is 5.75 Å². The number of benzene rings is 2. The van der Waals surface area contributed by atoms with E-state index in [9.17, 15) is 4.79 Å². The average Bonchev–Trinajstić information content (AvgIpc) is 3.30. The van der Waals surface area contributed by atoms with E-state index < -0.39 is 0 Å². The van der Waals surface area contributed by atoms with E-state index >= 15 is 0 Å². The molecule has 27 heavy (non-hydrogen) atoms. The van der Waals surface area contributed by atoms with Crippen LogP contribution >= 0.6 is 23.1 Å². The number of para-hydroxylation sites is 2. The number of aromatic amines is 1. The zero-order valence-corrected chi connectivity index (χ0v) is 16.4. The number of fused-ring (bicyclic) bond motifs is 2. The van der Waals surface area contributed by atoms with E-state index in [-0.39, 0.29) is 11.7 Å². The minimum Gasteiger partial charge on any atom is -0.360 e. The van der Waals surface area contributed by atoms with Gasteiger partial charge >= 0.3 is 0 Å². The van der Waals surface area contributed by atoms with Crippen LogP contribution in [0.15, 0.2) is 58.1 Å². The molecule has 0 saturated carbocycles. The molecule has 4 aromatic rings. The number of hydrazone groups is 1. The largest absolute Gasteiger partial charge is 0.360 e. The smallest absolute Gasteiger partial charge is 0.250 e. The van der Waals surface area contributed by atoms with Crippen molar-refractivity contribution in [2.24, 2.45) is 5.10 Å². The molecule has 0 fully saturated rings. The lowest BCUT2D eigenvalue weighted by molar-refractivity contribution is -0.118. The number of H-pyrrole nitrogens is 1. The zero-order chi connectivity index (χ0) is 18.6. The summed E-state index contributed by atoms with van der Waals surface area (Å²) in [5, 5.41) is 5.21. The van der Waals surface area contributed by atoms with Gasteiger partial charge in [0.2, 0.25) is 0 Å². The van der Waals surface area contributed by atoms with Gasteiger partial charge in [0.1, 0.15) is 0 Å². The Kier molecular flexibility index (Phi) is 5.22. The number of thioether (sulfide) groups is 1. The second-order valence-electron chi connectivity index (χ2n) is 5.97. The third-order valence-electron chi connectivity index (χ3n) is 4.21. The maximum atomic E-state index is 12.0. The quantitative estimate of drug-likeness (QED) is 0.286. The molecule has 136 valence electrons. The second-order valence-corrected chi connectivity index (χ2v) is 8.22. The molecule has 4 rings (SSSR count). The van der Waals surface area contributed by atoms with Gasteiger partial charge in [-0.1, -0.05) is 49.0 Å². The first-order valence-corrected chi connectivity index (χ1v) is 10.4. The maximum absolute atomic E-state index is 12.0. The average molecular weight is 395 g/mol. The van der Waals surface area contributed by atoms with Gasteiger partial charge < -0.3 is 4.98 Å². The van der Waals surface area contributed by atoms with Crippen molar-refractivity contribution in [1.29, 1.82) is 0 Å². The van der Waals surface area contributed by atoms with Crippen molar-refractivity contribution in [1.82, 2.24) is 15.4 Å². The van der Waals surface area contributed by atoms with Crippen molar-refractivity contribution in [2.45, 2.75) is 17.7 Å².